The van der Waals surface area contributed by atoms with Crippen molar-refractivity contribution in [3.05, 3.63) is 12.2 Å². The molecule has 0 radical (unpaired) electrons. The largest absolute Gasteiger partial charge is 0.464 e. The molecule has 1 rings (SSSR count). The van der Waals surface area contributed by atoms with E-state index in [0.29, 0.717) is 25.7 Å². The molecule has 0 saturated heterocycles. The molecular weight excluding hydrogens is 495 g/mol. The lowest BCUT2D eigenvalue weighted by atomic mass is 9.87. The quantitative estimate of drug-likeness (QED) is 0.189. The Labute approximate surface area is 188 Å². The minimum atomic E-state index is -7.03. The maximum atomic E-state index is 13.4. The smallest absolute Gasteiger partial charge is 0.460 e. The first-order chi connectivity index (χ1) is 15.3. The molecule has 0 aromatic rings. The van der Waals surface area contributed by atoms with Gasteiger partial charge in [-0.3, -0.25) is 0 Å². The van der Waals surface area contributed by atoms with E-state index < -0.39 is 73.8 Å². The van der Waals surface area contributed by atoms with Crippen molar-refractivity contribution >= 4 is 11.9 Å². The molecule has 1 aliphatic carbocycles. The molecule has 1 unspecified atom stereocenters. The number of alkyl halides is 9. The summed E-state index contributed by atoms with van der Waals surface area (Å²) in [4.78, 5) is 23.0. The lowest BCUT2D eigenvalue weighted by Crippen LogP contribution is -2.61. The van der Waals surface area contributed by atoms with Gasteiger partial charge in [-0.1, -0.05) is 6.58 Å². The van der Waals surface area contributed by atoms with Crippen LogP contribution >= 0.6 is 0 Å². The molecule has 1 aliphatic rings. The van der Waals surface area contributed by atoms with E-state index in [0.717, 1.165) is 0 Å². The highest BCUT2D eigenvalue weighted by Gasteiger charge is 2.81. The van der Waals surface area contributed by atoms with E-state index in [1.165, 1.54) is 6.92 Å². The summed E-state index contributed by atoms with van der Waals surface area (Å²) in [5, 5.41) is 9.95. The molecule has 1 atom stereocenters. The molecular formula is C19H23F9O6. The zero-order valence-corrected chi connectivity index (χ0v) is 17.8. The molecule has 0 aliphatic heterocycles. The fourth-order valence-electron chi connectivity index (χ4n) is 2.93. The van der Waals surface area contributed by atoms with E-state index in [-0.39, 0.29) is 5.57 Å². The number of ether oxygens (including phenoxy) is 3. The van der Waals surface area contributed by atoms with Crippen molar-refractivity contribution in [3.8, 4) is 0 Å². The van der Waals surface area contributed by atoms with Crippen molar-refractivity contribution in [1.82, 2.24) is 0 Å². The van der Waals surface area contributed by atoms with Crippen molar-refractivity contribution < 1.29 is 68.4 Å². The van der Waals surface area contributed by atoms with Crippen LogP contribution in [0.25, 0.3) is 0 Å². The van der Waals surface area contributed by atoms with Gasteiger partial charge >= 0.3 is 35.9 Å². The van der Waals surface area contributed by atoms with Crippen molar-refractivity contribution in [2.45, 2.75) is 75.4 Å². The second-order valence-electron chi connectivity index (χ2n) is 7.75. The average molecular weight is 518 g/mol. The van der Waals surface area contributed by atoms with Gasteiger partial charge in [0.1, 0.15) is 12.7 Å². The Kier molecular flexibility index (Phi) is 9.83. The minimum absolute atomic E-state index is 0.208. The summed E-state index contributed by atoms with van der Waals surface area (Å²) >= 11 is 0. The van der Waals surface area contributed by atoms with Crippen LogP contribution in [0.1, 0.15) is 39.0 Å². The monoisotopic (exact) mass is 518 g/mol. The first-order valence-corrected chi connectivity index (χ1v) is 9.85. The van der Waals surface area contributed by atoms with E-state index in [1.54, 1.807) is 0 Å². The standard InChI is InChI=1S/C19H23F9O6/c1-10(2)14(30)34-12-5-3-11(4-6-12)15(31)33-9-13(29)32-8-7-16(20,21)17(22,23)18(24,25)19(26,27)28/h11-12,15,31H,1,3-9H2,2H3. The highest BCUT2D eigenvalue weighted by molar-refractivity contribution is 5.87. The van der Waals surface area contributed by atoms with Gasteiger partial charge in [0.2, 0.25) is 0 Å². The first-order valence-electron chi connectivity index (χ1n) is 9.85. The fraction of sp³-hybridized carbons (Fsp3) is 0.789. The maximum Gasteiger partial charge on any atom is 0.460 e. The SMILES string of the molecule is C=C(C)C(=O)OC1CCC(C(O)OCC(=O)OCCC(F)(F)C(F)(F)C(F)(F)C(F)(F)F)CC1. The van der Waals surface area contributed by atoms with Gasteiger partial charge in [-0.05, 0) is 32.6 Å². The molecule has 0 aromatic heterocycles. The highest BCUT2D eigenvalue weighted by atomic mass is 19.4. The molecule has 1 N–H and O–H groups in total. The number of hydrogen-bond donors (Lipinski definition) is 1. The number of esters is 2. The van der Waals surface area contributed by atoms with Crippen LogP contribution in [-0.2, 0) is 23.8 Å². The normalized spacial score (nSPS) is 21.0. The summed E-state index contributed by atoms with van der Waals surface area (Å²) in [7, 11) is 0. The Morgan fingerprint density at radius 2 is 1.50 bits per heavy atom. The van der Waals surface area contributed by atoms with E-state index in [2.05, 4.69) is 11.3 Å². The van der Waals surface area contributed by atoms with E-state index in [4.69, 9.17) is 9.47 Å². The molecule has 0 aromatic carbocycles. The minimum Gasteiger partial charge on any atom is -0.464 e. The Bertz CT molecular complexity index is 730. The van der Waals surface area contributed by atoms with Crippen LogP contribution in [0.15, 0.2) is 12.2 Å². The van der Waals surface area contributed by atoms with Gasteiger partial charge in [0, 0.05) is 11.5 Å². The van der Waals surface area contributed by atoms with Gasteiger partial charge in [-0.25, -0.2) is 9.59 Å². The summed E-state index contributed by atoms with van der Waals surface area (Å²) in [5.74, 6) is -22.2. The first kappa shape index (κ1) is 30.0. The summed E-state index contributed by atoms with van der Waals surface area (Å²) in [5.41, 5.74) is 0.208. The third-order valence-corrected chi connectivity index (χ3v) is 5.01. The molecule has 0 amide bonds. The molecule has 1 saturated carbocycles. The van der Waals surface area contributed by atoms with Crippen molar-refractivity contribution in [1.29, 1.82) is 0 Å². The third kappa shape index (κ3) is 7.23. The molecule has 198 valence electrons. The van der Waals surface area contributed by atoms with Gasteiger partial charge in [0.05, 0.1) is 13.0 Å². The van der Waals surface area contributed by atoms with Crippen molar-refractivity contribution in [2.75, 3.05) is 13.2 Å². The lowest BCUT2D eigenvalue weighted by molar-refractivity contribution is -0.397. The van der Waals surface area contributed by atoms with Crippen LogP contribution < -0.4 is 0 Å². The predicted molar refractivity (Wildman–Crippen MR) is 95.1 cm³/mol. The Hall–Kier alpha value is -2.03. The second-order valence-corrected chi connectivity index (χ2v) is 7.75. The van der Waals surface area contributed by atoms with Gasteiger partial charge in [-0.15, -0.1) is 0 Å². The van der Waals surface area contributed by atoms with Crippen LogP contribution in [0.3, 0.4) is 0 Å². The third-order valence-electron chi connectivity index (χ3n) is 5.01. The molecule has 6 nitrogen and oxygen atoms in total. The number of hydrogen-bond acceptors (Lipinski definition) is 6. The van der Waals surface area contributed by atoms with E-state index >= 15 is 0 Å². The number of halogens is 9. The van der Waals surface area contributed by atoms with Gasteiger partial charge in [-0.2, -0.15) is 39.5 Å². The number of carbonyl (C=O) groups is 2. The van der Waals surface area contributed by atoms with Gasteiger partial charge < -0.3 is 19.3 Å². The molecule has 15 heteroatoms. The topological polar surface area (TPSA) is 82.1 Å². The summed E-state index contributed by atoms with van der Waals surface area (Å²) < 4.78 is 129. The number of aliphatic hydroxyl groups is 1. The molecule has 0 spiro atoms. The van der Waals surface area contributed by atoms with Crippen molar-refractivity contribution in [3.63, 3.8) is 0 Å². The Morgan fingerprint density at radius 3 is 1.97 bits per heavy atom. The van der Waals surface area contributed by atoms with Crippen LogP contribution in [0.4, 0.5) is 39.5 Å². The van der Waals surface area contributed by atoms with Gasteiger partial charge in [0.15, 0.2) is 6.29 Å². The average Bonchev–Trinajstić information content (AvgIpc) is 2.71. The molecule has 0 bridgehead atoms. The number of rotatable bonds is 11. The summed E-state index contributed by atoms with van der Waals surface area (Å²) in [6, 6.07) is 0. The second kappa shape index (κ2) is 11.1. The highest BCUT2D eigenvalue weighted by Crippen LogP contribution is 2.53. The predicted octanol–water partition coefficient (Wildman–Crippen LogP) is 4.40. The van der Waals surface area contributed by atoms with Gasteiger partial charge in [0.25, 0.3) is 0 Å². The van der Waals surface area contributed by atoms with Crippen LogP contribution in [0, 0.1) is 5.92 Å². The number of carbonyl (C=O) groups excluding carboxylic acids is 2. The van der Waals surface area contributed by atoms with Crippen molar-refractivity contribution in [2.24, 2.45) is 5.92 Å². The Morgan fingerprint density at radius 1 is 0.971 bits per heavy atom. The fourth-order valence-corrected chi connectivity index (χ4v) is 2.93. The van der Waals surface area contributed by atoms with E-state index in [9.17, 15) is 54.2 Å². The lowest BCUT2D eigenvalue weighted by Gasteiger charge is -2.33. The zero-order valence-electron chi connectivity index (χ0n) is 17.8. The van der Waals surface area contributed by atoms with Crippen LogP contribution in [0.2, 0.25) is 0 Å². The molecule has 34 heavy (non-hydrogen) atoms. The van der Waals surface area contributed by atoms with Crippen LogP contribution in [0.5, 0.6) is 0 Å². The Balaban J connectivity index is 2.44. The van der Waals surface area contributed by atoms with Crippen LogP contribution in [-0.4, -0.2) is 66.6 Å². The number of aliphatic hydroxyl groups excluding tert-OH is 1. The zero-order chi connectivity index (χ0) is 26.5. The summed E-state index contributed by atoms with van der Waals surface area (Å²) in [6.07, 6.45) is -9.85. The van der Waals surface area contributed by atoms with E-state index in [1.807, 2.05) is 0 Å². The maximum absolute atomic E-state index is 13.4. The molecule has 1 fully saturated rings. The summed E-state index contributed by atoms with van der Waals surface area (Å²) in [6.45, 7) is 2.25. The molecule has 0 heterocycles.